The molecule has 6 nitrogen and oxygen atoms in total. The highest BCUT2D eigenvalue weighted by Crippen LogP contribution is 2.24. The number of carbonyl (C=O) groups is 1. The molecule has 136 valence electrons. The molecule has 2 aliphatic rings. The molecule has 0 aromatic heterocycles. The molecule has 2 amide bonds. The average Bonchev–Trinajstić information content (AvgIpc) is 3.05. The van der Waals surface area contributed by atoms with Crippen LogP contribution in [0.5, 0.6) is 0 Å². The molecule has 6 heteroatoms. The standard InChI is InChI=1S/C19H28N4O2/c1-14-11-17(23-9-7-22(2)8-10-23)5-6-18(14)21-19(25)20-16-4-3-15(12-16)13-24/h3-6,11,15-16,24H,7-10,12-13H2,1-2H3,(H2,20,21,25)/t15-,16+/m0/s1. The van der Waals surface area contributed by atoms with E-state index in [1.54, 1.807) is 0 Å². The van der Waals surface area contributed by atoms with Crippen molar-refractivity contribution < 1.29 is 9.90 Å². The summed E-state index contributed by atoms with van der Waals surface area (Å²) in [5, 5.41) is 15.0. The molecule has 25 heavy (non-hydrogen) atoms. The van der Waals surface area contributed by atoms with E-state index in [2.05, 4.69) is 39.6 Å². The van der Waals surface area contributed by atoms with E-state index in [0.29, 0.717) is 0 Å². The molecule has 0 unspecified atom stereocenters. The molecule has 0 spiro atoms. The number of amides is 2. The van der Waals surface area contributed by atoms with E-state index in [-0.39, 0.29) is 24.6 Å². The molecule has 1 aliphatic heterocycles. The second kappa shape index (κ2) is 7.89. The van der Waals surface area contributed by atoms with Gasteiger partial charge in [-0.2, -0.15) is 0 Å². The minimum Gasteiger partial charge on any atom is -0.396 e. The first-order chi connectivity index (χ1) is 12.0. The van der Waals surface area contributed by atoms with Gasteiger partial charge >= 0.3 is 6.03 Å². The van der Waals surface area contributed by atoms with Crippen molar-refractivity contribution >= 4 is 17.4 Å². The van der Waals surface area contributed by atoms with Crippen LogP contribution in [0.1, 0.15) is 12.0 Å². The van der Waals surface area contributed by atoms with Gasteiger partial charge in [0.1, 0.15) is 0 Å². The molecule has 1 saturated heterocycles. The quantitative estimate of drug-likeness (QED) is 0.729. The Hall–Kier alpha value is -2.05. The summed E-state index contributed by atoms with van der Waals surface area (Å²) in [7, 11) is 2.15. The minimum absolute atomic E-state index is 0.0120. The average molecular weight is 344 g/mol. The van der Waals surface area contributed by atoms with Gasteiger partial charge in [0.25, 0.3) is 0 Å². The lowest BCUT2D eigenvalue weighted by Gasteiger charge is -2.34. The van der Waals surface area contributed by atoms with E-state index in [9.17, 15) is 4.79 Å². The summed E-state index contributed by atoms with van der Waals surface area (Å²) in [5.74, 6) is 0.148. The fourth-order valence-electron chi connectivity index (χ4n) is 3.39. The second-order valence-electron chi connectivity index (χ2n) is 7.06. The highest BCUT2D eigenvalue weighted by Gasteiger charge is 2.20. The fourth-order valence-corrected chi connectivity index (χ4v) is 3.39. The zero-order chi connectivity index (χ0) is 17.8. The zero-order valence-electron chi connectivity index (χ0n) is 15.0. The van der Waals surface area contributed by atoms with Crippen molar-refractivity contribution in [1.29, 1.82) is 0 Å². The van der Waals surface area contributed by atoms with E-state index < -0.39 is 0 Å². The Morgan fingerprint density at radius 3 is 2.64 bits per heavy atom. The van der Waals surface area contributed by atoms with Gasteiger partial charge in [0, 0.05) is 56.1 Å². The van der Waals surface area contributed by atoms with Gasteiger partial charge in [0.15, 0.2) is 0 Å². The predicted octanol–water partition coefficient (Wildman–Crippen LogP) is 1.81. The number of urea groups is 1. The Kier molecular flexibility index (Phi) is 5.60. The maximum atomic E-state index is 12.2. The van der Waals surface area contributed by atoms with Gasteiger partial charge < -0.3 is 25.5 Å². The molecule has 1 aromatic carbocycles. The van der Waals surface area contributed by atoms with E-state index in [1.165, 1.54) is 5.69 Å². The Morgan fingerprint density at radius 1 is 1.24 bits per heavy atom. The zero-order valence-corrected chi connectivity index (χ0v) is 15.0. The first kappa shape index (κ1) is 17.8. The highest BCUT2D eigenvalue weighted by molar-refractivity contribution is 5.90. The topological polar surface area (TPSA) is 67.8 Å². The van der Waals surface area contributed by atoms with Gasteiger partial charge in [-0.05, 0) is 44.2 Å². The van der Waals surface area contributed by atoms with Crippen molar-refractivity contribution in [2.24, 2.45) is 5.92 Å². The number of likely N-dealkylation sites (N-methyl/N-ethyl adjacent to an activating group) is 1. The van der Waals surface area contributed by atoms with Gasteiger partial charge in [-0.25, -0.2) is 4.79 Å². The summed E-state index contributed by atoms with van der Waals surface area (Å²) in [4.78, 5) is 16.9. The van der Waals surface area contributed by atoms with Gasteiger partial charge in [0.2, 0.25) is 0 Å². The Morgan fingerprint density at radius 2 is 2.00 bits per heavy atom. The number of anilines is 2. The van der Waals surface area contributed by atoms with Crippen LogP contribution in [0.2, 0.25) is 0 Å². The van der Waals surface area contributed by atoms with Crippen LogP contribution in [0, 0.1) is 12.8 Å². The van der Waals surface area contributed by atoms with E-state index in [0.717, 1.165) is 43.9 Å². The van der Waals surface area contributed by atoms with Crippen LogP contribution < -0.4 is 15.5 Å². The first-order valence-corrected chi connectivity index (χ1v) is 8.96. The summed E-state index contributed by atoms with van der Waals surface area (Å²) in [5.41, 5.74) is 3.10. The van der Waals surface area contributed by atoms with E-state index in [4.69, 9.17) is 5.11 Å². The third kappa shape index (κ3) is 4.52. The number of aliphatic hydroxyl groups excluding tert-OH is 1. The Balaban J connectivity index is 1.56. The molecule has 0 saturated carbocycles. The van der Waals surface area contributed by atoms with E-state index >= 15 is 0 Å². The number of nitrogens with one attached hydrogen (secondary N) is 2. The lowest BCUT2D eigenvalue weighted by molar-refractivity contribution is 0.238. The van der Waals surface area contributed by atoms with Crippen LogP contribution in [0.3, 0.4) is 0 Å². The molecule has 1 heterocycles. The third-order valence-electron chi connectivity index (χ3n) is 5.05. The van der Waals surface area contributed by atoms with Crippen LogP contribution in [-0.2, 0) is 0 Å². The monoisotopic (exact) mass is 344 g/mol. The molecule has 3 rings (SSSR count). The molecule has 1 fully saturated rings. The van der Waals surface area contributed by atoms with Crippen molar-refractivity contribution in [1.82, 2.24) is 10.2 Å². The van der Waals surface area contributed by atoms with Crippen molar-refractivity contribution in [2.75, 3.05) is 50.1 Å². The lowest BCUT2D eigenvalue weighted by Crippen LogP contribution is -2.44. The summed E-state index contributed by atoms with van der Waals surface area (Å²) in [6.45, 7) is 6.36. The summed E-state index contributed by atoms with van der Waals surface area (Å²) in [6, 6.07) is 5.97. The fraction of sp³-hybridized carbons (Fsp3) is 0.526. The lowest BCUT2D eigenvalue weighted by atomic mass is 10.1. The first-order valence-electron chi connectivity index (χ1n) is 8.96. The number of piperazine rings is 1. The number of aryl methyl sites for hydroxylation is 1. The van der Waals surface area contributed by atoms with E-state index in [1.807, 2.05) is 25.1 Å². The maximum Gasteiger partial charge on any atom is 0.319 e. The largest absolute Gasteiger partial charge is 0.396 e. The number of aliphatic hydroxyl groups is 1. The number of nitrogens with zero attached hydrogens (tertiary/aromatic N) is 2. The molecule has 3 N–H and O–H groups in total. The highest BCUT2D eigenvalue weighted by atomic mass is 16.3. The Bertz CT molecular complexity index is 638. The normalized spacial score (nSPS) is 23.7. The van der Waals surface area contributed by atoms with Crippen LogP contribution in [-0.4, -0.2) is 61.9 Å². The van der Waals surface area contributed by atoms with Crippen LogP contribution >= 0.6 is 0 Å². The number of hydrogen-bond donors (Lipinski definition) is 3. The summed E-state index contributed by atoms with van der Waals surface area (Å²) in [6.07, 6.45) is 4.66. The van der Waals surface area contributed by atoms with Crippen molar-refractivity contribution in [3.63, 3.8) is 0 Å². The van der Waals surface area contributed by atoms with Crippen molar-refractivity contribution in [3.8, 4) is 0 Å². The van der Waals surface area contributed by atoms with Gasteiger partial charge in [0.05, 0.1) is 0 Å². The van der Waals surface area contributed by atoms with Gasteiger partial charge in [-0.15, -0.1) is 0 Å². The van der Waals surface area contributed by atoms with Crippen molar-refractivity contribution in [2.45, 2.75) is 19.4 Å². The third-order valence-corrected chi connectivity index (χ3v) is 5.05. The van der Waals surface area contributed by atoms with Crippen molar-refractivity contribution in [3.05, 3.63) is 35.9 Å². The van der Waals surface area contributed by atoms with Crippen LogP contribution in [0.15, 0.2) is 30.4 Å². The number of benzene rings is 1. The van der Waals surface area contributed by atoms with Crippen LogP contribution in [0.25, 0.3) is 0 Å². The van der Waals surface area contributed by atoms with Gasteiger partial charge in [-0.3, -0.25) is 0 Å². The maximum absolute atomic E-state index is 12.2. The minimum atomic E-state index is -0.205. The van der Waals surface area contributed by atoms with Crippen LogP contribution in [0.4, 0.5) is 16.2 Å². The van der Waals surface area contributed by atoms with Gasteiger partial charge in [-0.1, -0.05) is 12.2 Å². The molecule has 1 aliphatic carbocycles. The SMILES string of the molecule is Cc1cc(N2CCN(C)CC2)ccc1NC(=O)N[C@@H]1C=C[C@H](CO)C1. The molecule has 0 bridgehead atoms. The number of rotatable bonds is 4. The summed E-state index contributed by atoms with van der Waals surface area (Å²) < 4.78 is 0. The molecule has 0 radical (unpaired) electrons. The summed E-state index contributed by atoms with van der Waals surface area (Å²) >= 11 is 0. The number of carbonyl (C=O) groups excluding carboxylic acids is 1. The molecular formula is C19H28N4O2. The number of hydrogen-bond acceptors (Lipinski definition) is 4. The smallest absolute Gasteiger partial charge is 0.319 e. The molecule has 2 atom stereocenters. The molecule has 1 aromatic rings. The second-order valence-corrected chi connectivity index (χ2v) is 7.06. The predicted molar refractivity (Wildman–Crippen MR) is 101 cm³/mol. The molecular weight excluding hydrogens is 316 g/mol. The Labute approximate surface area is 149 Å².